The Bertz CT molecular complexity index is 1270. The van der Waals surface area contributed by atoms with Crippen LogP contribution < -0.4 is 5.32 Å². The number of nitrogens with zero attached hydrogens (tertiary/aromatic N) is 3. The summed E-state index contributed by atoms with van der Waals surface area (Å²) >= 11 is 7.01. The monoisotopic (exact) mass is 498 g/mol. The van der Waals surface area contributed by atoms with Crippen molar-refractivity contribution in [3.8, 4) is 10.7 Å². The number of aryl methyl sites for hydroxylation is 2. The maximum Gasteiger partial charge on any atom is 0.244 e. The third-order valence-electron chi connectivity index (χ3n) is 5.18. The van der Waals surface area contributed by atoms with E-state index in [0.717, 1.165) is 6.07 Å². The van der Waals surface area contributed by atoms with Gasteiger partial charge in [-0.2, -0.15) is 9.29 Å². The van der Waals surface area contributed by atoms with Crippen molar-refractivity contribution in [1.82, 2.24) is 14.4 Å². The van der Waals surface area contributed by atoms with Crippen molar-refractivity contribution < 1.29 is 22.1 Å². The number of aromatic nitrogens is 2. The second kappa shape index (κ2) is 8.89. The lowest BCUT2D eigenvalue weighted by atomic mass is 9.98. The lowest BCUT2D eigenvalue weighted by Gasteiger charge is -2.31. The van der Waals surface area contributed by atoms with Gasteiger partial charge < -0.3 is 9.84 Å². The van der Waals surface area contributed by atoms with Crippen molar-refractivity contribution >= 4 is 44.6 Å². The highest BCUT2D eigenvalue weighted by molar-refractivity contribution is 7.89. The second-order valence-corrected chi connectivity index (χ2v) is 11.1. The number of carbonyl (C=O) groups is 1. The molecule has 12 heteroatoms. The van der Waals surface area contributed by atoms with Gasteiger partial charge in [0.15, 0.2) is 0 Å². The Morgan fingerprint density at radius 3 is 2.81 bits per heavy atom. The van der Waals surface area contributed by atoms with Crippen LogP contribution in [0.3, 0.4) is 0 Å². The fourth-order valence-electron chi connectivity index (χ4n) is 3.57. The number of thiophene rings is 1. The molecular formula is C20H20ClFN4O4S2. The highest BCUT2D eigenvalue weighted by atomic mass is 35.5. The van der Waals surface area contributed by atoms with Crippen LogP contribution >= 0.6 is 22.9 Å². The van der Waals surface area contributed by atoms with Gasteiger partial charge in [0.1, 0.15) is 5.82 Å². The molecule has 4 rings (SSSR count). The number of hydrogen-bond donors (Lipinski definition) is 1. The van der Waals surface area contributed by atoms with Crippen LogP contribution in [0, 0.1) is 25.6 Å². The number of sulfonamides is 1. The zero-order valence-corrected chi connectivity index (χ0v) is 19.7. The highest BCUT2D eigenvalue weighted by Gasteiger charge is 2.35. The van der Waals surface area contributed by atoms with Crippen LogP contribution in [-0.2, 0) is 14.8 Å². The minimum atomic E-state index is -3.84. The molecule has 1 aromatic carbocycles. The van der Waals surface area contributed by atoms with E-state index in [-0.39, 0.29) is 22.2 Å². The fraction of sp³-hybridized carbons (Fsp3) is 0.350. The van der Waals surface area contributed by atoms with Crippen LogP contribution in [0.2, 0.25) is 5.02 Å². The maximum absolute atomic E-state index is 14.0. The third-order valence-corrected chi connectivity index (χ3v) is 8.58. The predicted molar refractivity (Wildman–Crippen MR) is 119 cm³/mol. The standard InChI is InChI=1S/C20H20ClFN4O4S2/c1-11-18(9-17(31-11)19-23-12(2)30-25-19)32(28,29)26-7-3-4-13(10-26)20(27)24-16-6-5-14(21)8-15(16)22/h5-6,8-9,13H,3-4,7,10H2,1-2H3,(H,24,27). The van der Waals surface area contributed by atoms with Crippen LogP contribution in [0.5, 0.6) is 0 Å². The zero-order valence-electron chi connectivity index (χ0n) is 17.3. The number of piperidine rings is 1. The molecule has 1 fully saturated rings. The number of carbonyl (C=O) groups excluding carboxylic acids is 1. The normalized spacial score (nSPS) is 17.4. The first-order chi connectivity index (χ1) is 15.1. The summed E-state index contributed by atoms with van der Waals surface area (Å²) in [7, 11) is -3.84. The molecule has 0 radical (unpaired) electrons. The number of rotatable bonds is 5. The van der Waals surface area contributed by atoms with Crippen LogP contribution in [-0.4, -0.2) is 41.9 Å². The van der Waals surface area contributed by atoms with Gasteiger partial charge in [0.2, 0.25) is 27.6 Å². The molecule has 0 spiro atoms. The van der Waals surface area contributed by atoms with Gasteiger partial charge in [0, 0.05) is 29.9 Å². The smallest absolute Gasteiger partial charge is 0.244 e. The molecular weight excluding hydrogens is 479 g/mol. The molecule has 3 aromatic rings. The first kappa shape index (κ1) is 22.8. The first-order valence-corrected chi connectivity index (χ1v) is 12.5. The predicted octanol–water partition coefficient (Wildman–Crippen LogP) is 4.25. The molecule has 1 N–H and O–H groups in total. The van der Waals surface area contributed by atoms with Crippen molar-refractivity contribution in [2.45, 2.75) is 31.6 Å². The lowest BCUT2D eigenvalue weighted by Crippen LogP contribution is -2.43. The van der Waals surface area contributed by atoms with Gasteiger partial charge >= 0.3 is 0 Å². The van der Waals surface area contributed by atoms with E-state index in [1.54, 1.807) is 13.8 Å². The summed E-state index contributed by atoms with van der Waals surface area (Å²) in [6.45, 7) is 3.68. The SMILES string of the molecule is Cc1nc(-c2cc(S(=O)(=O)N3CCCC(C(=O)Nc4ccc(Cl)cc4F)C3)c(C)s2)no1. The molecule has 0 aliphatic carbocycles. The molecule has 1 unspecified atom stereocenters. The summed E-state index contributed by atoms with van der Waals surface area (Å²) in [5.74, 6) is -0.970. The quantitative estimate of drug-likeness (QED) is 0.563. The van der Waals surface area contributed by atoms with Gasteiger partial charge in [-0.25, -0.2) is 12.8 Å². The molecule has 3 heterocycles. The summed E-state index contributed by atoms with van der Waals surface area (Å²) < 4.78 is 47.0. The molecule has 170 valence electrons. The average molecular weight is 499 g/mol. The molecule has 1 aliphatic rings. The Balaban J connectivity index is 1.52. The molecule has 1 saturated heterocycles. The number of nitrogens with one attached hydrogen (secondary N) is 1. The summed E-state index contributed by atoms with van der Waals surface area (Å²) in [4.78, 5) is 18.2. The molecule has 1 amide bonds. The van der Waals surface area contributed by atoms with Crippen molar-refractivity contribution in [1.29, 1.82) is 0 Å². The number of halogens is 2. The van der Waals surface area contributed by atoms with E-state index in [2.05, 4.69) is 15.5 Å². The van der Waals surface area contributed by atoms with Crippen LogP contribution in [0.15, 0.2) is 33.7 Å². The Morgan fingerprint density at radius 2 is 2.12 bits per heavy atom. The van der Waals surface area contributed by atoms with E-state index in [1.165, 1.54) is 33.8 Å². The van der Waals surface area contributed by atoms with Gasteiger partial charge in [0.25, 0.3) is 0 Å². The van der Waals surface area contributed by atoms with Gasteiger partial charge in [0.05, 0.1) is 21.4 Å². The van der Waals surface area contributed by atoms with Crippen molar-refractivity contribution in [2.24, 2.45) is 5.92 Å². The van der Waals surface area contributed by atoms with Crippen molar-refractivity contribution in [3.05, 3.63) is 45.9 Å². The van der Waals surface area contributed by atoms with Crippen molar-refractivity contribution in [2.75, 3.05) is 18.4 Å². The summed E-state index contributed by atoms with van der Waals surface area (Å²) in [6.07, 6.45) is 1.02. The van der Waals surface area contributed by atoms with Gasteiger partial charge in [-0.1, -0.05) is 16.8 Å². The average Bonchev–Trinajstić information content (AvgIpc) is 3.36. The van der Waals surface area contributed by atoms with Gasteiger partial charge in [-0.15, -0.1) is 11.3 Å². The molecule has 8 nitrogen and oxygen atoms in total. The van der Waals surface area contributed by atoms with Crippen molar-refractivity contribution in [3.63, 3.8) is 0 Å². The lowest BCUT2D eigenvalue weighted by molar-refractivity contribution is -0.120. The summed E-state index contributed by atoms with van der Waals surface area (Å²) in [5, 5.41) is 6.61. The van der Waals surface area contributed by atoms with E-state index in [0.29, 0.717) is 40.9 Å². The largest absolute Gasteiger partial charge is 0.339 e. The summed E-state index contributed by atoms with van der Waals surface area (Å²) in [6, 6.07) is 5.49. The van der Waals surface area contributed by atoms with E-state index >= 15 is 0 Å². The zero-order chi connectivity index (χ0) is 23.0. The van der Waals surface area contributed by atoms with Crippen LogP contribution in [0.1, 0.15) is 23.6 Å². The number of amides is 1. The third kappa shape index (κ3) is 4.56. The topological polar surface area (TPSA) is 105 Å². The second-order valence-electron chi connectivity index (χ2n) is 7.48. The van der Waals surface area contributed by atoms with E-state index in [4.69, 9.17) is 16.1 Å². The molecule has 2 aromatic heterocycles. The van der Waals surface area contributed by atoms with Gasteiger partial charge in [-0.3, -0.25) is 4.79 Å². The van der Waals surface area contributed by atoms with Crippen LogP contribution in [0.25, 0.3) is 10.7 Å². The molecule has 32 heavy (non-hydrogen) atoms. The number of anilines is 1. The minimum absolute atomic E-state index is 0.00751. The molecule has 0 bridgehead atoms. The van der Waals surface area contributed by atoms with E-state index in [9.17, 15) is 17.6 Å². The van der Waals surface area contributed by atoms with E-state index < -0.39 is 27.7 Å². The molecule has 1 aliphatic heterocycles. The molecule has 1 atom stereocenters. The fourth-order valence-corrected chi connectivity index (χ4v) is 6.74. The number of benzene rings is 1. The number of hydrogen-bond acceptors (Lipinski definition) is 7. The Labute approximate surface area is 193 Å². The highest BCUT2D eigenvalue weighted by Crippen LogP contribution is 2.35. The Morgan fingerprint density at radius 1 is 1.34 bits per heavy atom. The van der Waals surface area contributed by atoms with Crippen LogP contribution in [0.4, 0.5) is 10.1 Å². The van der Waals surface area contributed by atoms with E-state index in [1.807, 2.05) is 0 Å². The maximum atomic E-state index is 14.0. The summed E-state index contributed by atoms with van der Waals surface area (Å²) in [5.41, 5.74) is 0.00751. The first-order valence-electron chi connectivity index (χ1n) is 9.82. The minimum Gasteiger partial charge on any atom is -0.339 e. The Hall–Kier alpha value is -2.34. The Kier molecular flexibility index (Phi) is 6.35. The van der Waals surface area contributed by atoms with Gasteiger partial charge in [-0.05, 0) is 44.0 Å². The molecule has 0 saturated carbocycles.